The lowest BCUT2D eigenvalue weighted by Gasteiger charge is -2.22. The minimum Gasteiger partial charge on any atom is -0.493 e. The number of aromatic nitrogens is 1. The molecule has 216 valence electrons. The van der Waals surface area contributed by atoms with Gasteiger partial charge in [0.05, 0.1) is 53.4 Å². The first kappa shape index (κ1) is 28.8. The number of thiazole rings is 1. The fourth-order valence-corrected chi connectivity index (χ4v) is 6.88. The fourth-order valence-electron chi connectivity index (χ4n) is 5.33. The van der Waals surface area contributed by atoms with Crippen LogP contribution in [0.5, 0.6) is 11.5 Å². The summed E-state index contributed by atoms with van der Waals surface area (Å²) >= 11 is 3.15. The molecule has 1 atom stereocenters. The Kier molecular flexibility index (Phi) is 7.87. The number of ether oxygens (including phenoxy) is 2. The molecule has 0 bridgehead atoms. The maximum atomic E-state index is 13.1. The highest BCUT2D eigenvalue weighted by molar-refractivity contribution is 8.93. The van der Waals surface area contributed by atoms with E-state index in [-0.39, 0.29) is 34.8 Å². The molecule has 5 aromatic rings. The third-order valence-electron chi connectivity index (χ3n) is 7.39. The van der Waals surface area contributed by atoms with Crippen LogP contribution in [0, 0.1) is 0 Å². The maximum Gasteiger partial charge on any atom is 0.266 e. The van der Waals surface area contributed by atoms with Crippen LogP contribution in [0.2, 0.25) is 0 Å². The smallest absolute Gasteiger partial charge is 0.266 e. The quantitative estimate of drug-likeness (QED) is 0.165. The molecular weight excluding hydrogens is 648 g/mol. The van der Waals surface area contributed by atoms with Crippen molar-refractivity contribution in [1.82, 2.24) is 4.98 Å². The molecule has 0 aliphatic carbocycles. The Balaban J connectivity index is 0.00000329. The molecule has 7 rings (SSSR count). The zero-order valence-electron chi connectivity index (χ0n) is 23.1. The Bertz CT molecular complexity index is 1840. The molecule has 2 amide bonds. The number of anilines is 2. The fraction of sp³-hybridized carbons (Fsp3) is 0.125. The molecule has 11 heteroatoms. The summed E-state index contributed by atoms with van der Waals surface area (Å²) in [4.78, 5) is 33.5. The summed E-state index contributed by atoms with van der Waals surface area (Å²) in [5.74, 6) is 0.679. The van der Waals surface area contributed by atoms with Crippen LogP contribution < -0.4 is 19.4 Å². The number of methoxy groups -OCH3 is 2. The molecule has 0 spiro atoms. The number of hydrazone groups is 1. The number of nitrogens with zero attached hydrogens (tertiary/aromatic N) is 4. The van der Waals surface area contributed by atoms with Gasteiger partial charge in [0.2, 0.25) is 5.13 Å². The van der Waals surface area contributed by atoms with Crippen molar-refractivity contribution in [3.8, 4) is 22.8 Å². The number of carbonyl (C=O) groups excluding carboxylic acids is 2. The normalized spacial score (nSPS) is 15.8. The lowest BCUT2D eigenvalue weighted by molar-refractivity contribution is 0.0926. The van der Waals surface area contributed by atoms with Gasteiger partial charge in [-0.2, -0.15) is 5.10 Å². The van der Waals surface area contributed by atoms with Crippen LogP contribution in [0.3, 0.4) is 0 Å². The summed E-state index contributed by atoms with van der Waals surface area (Å²) in [7, 11) is 3.25. The summed E-state index contributed by atoms with van der Waals surface area (Å²) in [6.07, 6.45) is 0.708. The second kappa shape index (κ2) is 11.8. The van der Waals surface area contributed by atoms with Gasteiger partial charge in [-0.05, 0) is 53.4 Å². The van der Waals surface area contributed by atoms with Crippen molar-refractivity contribution in [3.05, 3.63) is 111 Å². The number of hydrogen-bond donors (Lipinski definition) is 0. The molecule has 1 unspecified atom stereocenters. The number of imide groups is 1. The molecule has 2 aliphatic rings. The highest BCUT2D eigenvalue weighted by Gasteiger charge is 2.37. The van der Waals surface area contributed by atoms with Crippen molar-refractivity contribution in [2.75, 3.05) is 24.1 Å². The highest BCUT2D eigenvalue weighted by atomic mass is 79.9. The number of benzene rings is 3. The van der Waals surface area contributed by atoms with Crippen LogP contribution in [-0.4, -0.2) is 36.7 Å². The summed E-state index contributed by atoms with van der Waals surface area (Å²) in [6, 6.07) is 24.2. The van der Waals surface area contributed by atoms with Gasteiger partial charge in [-0.15, -0.1) is 39.7 Å². The Hall–Kier alpha value is -4.32. The van der Waals surface area contributed by atoms with Crippen LogP contribution >= 0.6 is 39.7 Å². The van der Waals surface area contributed by atoms with E-state index in [9.17, 15) is 9.59 Å². The summed E-state index contributed by atoms with van der Waals surface area (Å²) in [6.45, 7) is 0. The predicted molar refractivity (Wildman–Crippen MR) is 176 cm³/mol. The van der Waals surface area contributed by atoms with Crippen molar-refractivity contribution < 1.29 is 19.1 Å². The van der Waals surface area contributed by atoms with E-state index in [0.717, 1.165) is 32.5 Å². The monoisotopic (exact) mass is 672 g/mol. The van der Waals surface area contributed by atoms with E-state index in [4.69, 9.17) is 19.6 Å². The van der Waals surface area contributed by atoms with E-state index in [1.807, 2.05) is 52.9 Å². The Morgan fingerprint density at radius 2 is 1.60 bits per heavy atom. The number of fused-ring (bicyclic) bond motifs is 1. The molecule has 0 N–H and O–H groups in total. The minimum atomic E-state index is -0.322. The topological polar surface area (TPSA) is 84.3 Å². The Morgan fingerprint density at radius 1 is 0.837 bits per heavy atom. The van der Waals surface area contributed by atoms with E-state index < -0.39 is 0 Å². The minimum absolute atomic E-state index is 0. The zero-order valence-corrected chi connectivity index (χ0v) is 26.4. The van der Waals surface area contributed by atoms with Crippen molar-refractivity contribution in [1.29, 1.82) is 0 Å². The summed E-state index contributed by atoms with van der Waals surface area (Å²) in [5, 5.41) is 11.8. The molecule has 43 heavy (non-hydrogen) atoms. The standard InChI is InChI=1S/C32H24N4O4S2.BrH/c1-39-27-13-12-20(16-28(27)40-2)26-17-24(29-11-6-14-41-29)34-36(26)32-33-25(18-42-32)19-7-5-8-21(15-19)35-30(37)22-9-3-4-10-23(22)31(35)38;/h3-16,18,26H,17H2,1-2H3;1H. The SMILES string of the molecule is Br.COc1ccc(C2CC(c3cccs3)=NN2c2nc(-c3cccc(N4C(=O)c5ccccc5C4=O)c3)cs2)cc1OC. The summed E-state index contributed by atoms with van der Waals surface area (Å²) < 4.78 is 11.0. The van der Waals surface area contributed by atoms with Gasteiger partial charge >= 0.3 is 0 Å². The maximum absolute atomic E-state index is 13.1. The largest absolute Gasteiger partial charge is 0.493 e. The molecule has 0 fully saturated rings. The van der Waals surface area contributed by atoms with E-state index in [1.165, 1.54) is 16.2 Å². The number of rotatable bonds is 7. The average Bonchev–Trinajstić information content (AvgIpc) is 3.84. The Morgan fingerprint density at radius 3 is 2.30 bits per heavy atom. The van der Waals surface area contributed by atoms with Gasteiger partial charge in [-0.1, -0.05) is 36.4 Å². The first-order chi connectivity index (χ1) is 20.6. The zero-order chi connectivity index (χ0) is 28.8. The molecule has 4 heterocycles. The molecule has 2 aromatic heterocycles. The lowest BCUT2D eigenvalue weighted by Crippen LogP contribution is -2.29. The molecule has 2 aliphatic heterocycles. The number of halogens is 1. The van der Waals surface area contributed by atoms with E-state index >= 15 is 0 Å². The third kappa shape index (κ3) is 5.03. The van der Waals surface area contributed by atoms with Crippen LogP contribution in [0.4, 0.5) is 10.8 Å². The Labute approximate surface area is 266 Å². The molecular formula is C32H25BrN4O4S2. The first-order valence-corrected chi connectivity index (χ1v) is 15.0. The second-order valence-electron chi connectivity index (χ2n) is 9.76. The number of thiophene rings is 1. The van der Waals surface area contributed by atoms with Gasteiger partial charge in [0.1, 0.15) is 0 Å². The van der Waals surface area contributed by atoms with Gasteiger partial charge in [-0.25, -0.2) is 14.9 Å². The molecule has 8 nitrogen and oxygen atoms in total. The van der Waals surface area contributed by atoms with Crippen molar-refractivity contribution in [2.24, 2.45) is 5.10 Å². The van der Waals surface area contributed by atoms with Crippen LogP contribution in [0.1, 0.15) is 43.6 Å². The third-order valence-corrected chi connectivity index (χ3v) is 9.14. The van der Waals surface area contributed by atoms with Crippen LogP contribution in [0.25, 0.3) is 11.3 Å². The highest BCUT2D eigenvalue weighted by Crippen LogP contribution is 2.42. The van der Waals surface area contributed by atoms with Crippen molar-refractivity contribution in [2.45, 2.75) is 12.5 Å². The van der Waals surface area contributed by atoms with E-state index in [0.29, 0.717) is 34.7 Å². The van der Waals surface area contributed by atoms with Crippen molar-refractivity contribution in [3.63, 3.8) is 0 Å². The number of carbonyl (C=O) groups is 2. The van der Waals surface area contributed by atoms with E-state index in [2.05, 4.69) is 11.4 Å². The average molecular weight is 674 g/mol. The van der Waals surface area contributed by atoms with Gasteiger partial charge in [0.25, 0.3) is 11.8 Å². The number of hydrogen-bond acceptors (Lipinski definition) is 9. The molecule has 0 saturated carbocycles. The predicted octanol–water partition coefficient (Wildman–Crippen LogP) is 7.62. The van der Waals surface area contributed by atoms with Gasteiger partial charge in [0, 0.05) is 17.4 Å². The molecule has 3 aromatic carbocycles. The second-order valence-corrected chi connectivity index (χ2v) is 11.5. The van der Waals surface area contributed by atoms with Gasteiger partial charge < -0.3 is 9.47 Å². The van der Waals surface area contributed by atoms with Crippen molar-refractivity contribution >= 4 is 68.0 Å². The van der Waals surface area contributed by atoms with Crippen LogP contribution in [0.15, 0.2) is 94.7 Å². The first-order valence-electron chi connectivity index (χ1n) is 13.2. The van der Waals surface area contributed by atoms with Crippen LogP contribution in [-0.2, 0) is 0 Å². The number of amides is 2. The molecule has 0 radical (unpaired) electrons. The lowest BCUT2D eigenvalue weighted by atomic mass is 10.0. The van der Waals surface area contributed by atoms with Gasteiger partial charge in [0.15, 0.2) is 11.5 Å². The van der Waals surface area contributed by atoms with E-state index in [1.54, 1.807) is 55.9 Å². The molecule has 0 saturated heterocycles. The summed E-state index contributed by atoms with van der Waals surface area (Å²) in [5.41, 5.74) is 4.91. The van der Waals surface area contributed by atoms with Gasteiger partial charge in [-0.3, -0.25) is 9.59 Å².